The van der Waals surface area contributed by atoms with Gasteiger partial charge in [-0.2, -0.15) is 13.2 Å². The molecule has 0 bridgehead atoms. The number of ether oxygens (including phenoxy) is 2. The molecule has 9 heteroatoms. The van der Waals surface area contributed by atoms with Gasteiger partial charge in [0.05, 0.1) is 19.1 Å². The summed E-state index contributed by atoms with van der Waals surface area (Å²) in [4.78, 5) is 11.1. The number of methoxy groups -OCH3 is 1. The first-order valence-corrected chi connectivity index (χ1v) is 11.8. The van der Waals surface area contributed by atoms with Crippen LogP contribution in [0.3, 0.4) is 0 Å². The second-order valence-corrected chi connectivity index (χ2v) is 9.08. The zero-order valence-electron chi connectivity index (χ0n) is 18.3. The first-order valence-electron chi connectivity index (χ1n) is 10.3. The van der Waals surface area contributed by atoms with Crippen molar-refractivity contribution in [3.8, 4) is 17.2 Å². The Balaban J connectivity index is 1.87. The third-order valence-electron chi connectivity index (χ3n) is 4.97. The minimum absolute atomic E-state index is 0.0897. The van der Waals surface area contributed by atoms with Gasteiger partial charge in [0.15, 0.2) is 11.5 Å². The maximum absolute atomic E-state index is 13.3. The van der Waals surface area contributed by atoms with E-state index in [1.807, 2.05) is 30.3 Å². The Morgan fingerprint density at radius 3 is 2.32 bits per heavy atom. The van der Waals surface area contributed by atoms with Gasteiger partial charge in [-0.25, -0.2) is 0 Å². The van der Waals surface area contributed by atoms with Crippen LogP contribution in [0.25, 0.3) is 0 Å². The fourth-order valence-corrected chi connectivity index (χ4v) is 4.47. The van der Waals surface area contributed by atoms with Gasteiger partial charge < -0.3 is 19.1 Å². The van der Waals surface area contributed by atoms with Crippen LogP contribution >= 0.6 is 0 Å². The van der Waals surface area contributed by atoms with Crippen molar-refractivity contribution >= 4 is 17.1 Å². The minimum atomic E-state index is -4.57. The molecule has 0 heterocycles. The smallest absolute Gasteiger partial charge is 0.416 e. The van der Waals surface area contributed by atoms with Crippen LogP contribution in [0.15, 0.2) is 66.7 Å². The van der Waals surface area contributed by atoms with E-state index in [9.17, 15) is 22.5 Å². The molecular weight excluding hydrogens is 469 g/mol. The summed E-state index contributed by atoms with van der Waals surface area (Å²) in [7, 11) is 1.39. The molecule has 3 rings (SSSR count). The number of hydrogen-bond donors (Lipinski definition) is 1. The molecule has 3 aromatic carbocycles. The van der Waals surface area contributed by atoms with Crippen molar-refractivity contribution in [1.82, 2.24) is 0 Å². The van der Waals surface area contributed by atoms with Gasteiger partial charge in [0.25, 0.3) is 0 Å². The average Bonchev–Trinajstić information content (AvgIpc) is 2.78. The molecular formula is C25H23F3O5S. The van der Waals surface area contributed by atoms with E-state index < -0.39 is 28.9 Å². The van der Waals surface area contributed by atoms with E-state index in [4.69, 9.17) is 14.6 Å². The van der Waals surface area contributed by atoms with Gasteiger partial charge in [0.2, 0.25) is 0 Å². The van der Waals surface area contributed by atoms with Crippen molar-refractivity contribution in [2.24, 2.45) is 0 Å². The predicted octanol–water partition coefficient (Wildman–Crippen LogP) is 5.62. The molecule has 1 unspecified atom stereocenters. The highest BCUT2D eigenvalue weighted by molar-refractivity contribution is 7.90. The molecule has 0 radical (unpaired) electrons. The summed E-state index contributed by atoms with van der Waals surface area (Å²) in [6, 6.07) is 16.9. The van der Waals surface area contributed by atoms with E-state index in [0.717, 1.165) is 17.7 Å². The Morgan fingerprint density at radius 1 is 0.971 bits per heavy atom. The van der Waals surface area contributed by atoms with Crippen LogP contribution in [0.2, 0.25) is 0 Å². The lowest BCUT2D eigenvalue weighted by atomic mass is 10.1. The topological polar surface area (TPSA) is 78.8 Å². The van der Waals surface area contributed by atoms with E-state index in [2.05, 4.69) is 0 Å². The highest BCUT2D eigenvalue weighted by atomic mass is 32.2. The van der Waals surface area contributed by atoms with E-state index in [1.54, 1.807) is 6.07 Å². The molecule has 3 aromatic rings. The number of hydrogen-bond acceptors (Lipinski definition) is 4. The van der Waals surface area contributed by atoms with Crippen LogP contribution in [0, 0.1) is 0 Å². The standard InChI is InChI=1S/C25H23F3O5S/c1-32-22-9-7-18(14-24(29)30)13-23(22)33-21-10-8-20(25(26,27)28)15-19(21)16-34(31)12-11-17-5-3-2-4-6-17/h2-10,13,15H,11-12,14,16H2,1H3,(H,29,30). The number of carboxylic acid groups (broad SMARTS) is 1. The van der Waals surface area contributed by atoms with E-state index in [-0.39, 0.29) is 40.7 Å². The number of alkyl halides is 3. The van der Waals surface area contributed by atoms with Crippen LogP contribution in [-0.4, -0.2) is 28.5 Å². The number of benzene rings is 3. The van der Waals surface area contributed by atoms with Crippen LogP contribution in [0.5, 0.6) is 17.2 Å². The Hall–Kier alpha value is -3.17. The molecule has 0 aliphatic heterocycles. The minimum Gasteiger partial charge on any atom is -0.616 e. The number of carboxylic acids is 1. The lowest BCUT2D eigenvalue weighted by molar-refractivity contribution is -0.138. The summed E-state index contributed by atoms with van der Waals surface area (Å²) in [5, 5.41) is 9.04. The lowest BCUT2D eigenvalue weighted by Gasteiger charge is -2.18. The average molecular weight is 493 g/mol. The Bertz CT molecular complexity index is 1120. The third-order valence-corrected chi connectivity index (χ3v) is 6.26. The number of carbonyl (C=O) groups is 1. The third kappa shape index (κ3) is 7.16. The molecule has 1 N–H and O–H groups in total. The van der Waals surface area contributed by atoms with Gasteiger partial charge in [-0.05, 0) is 52.6 Å². The van der Waals surface area contributed by atoms with Crippen LogP contribution in [-0.2, 0) is 40.7 Å². The normalized spacial score (nSPS) is 12.3. The Morgan fingerprint density at radius 2 is 1.68 bits per heavy atom. The first-order chi connectivity index (χ1) is 16.2. The fraction of sp³-hybridized carbons (Fsp3) is 0.240. The Kier molecular flexibility index (Phi) is 8.46. The maximum atomic E-state index is 13.3. The summed E-state index contributed by atoms with van der Waals surface area (Å²) in [5.41, 5.74) is 0.674. The van der Waals surface area contributed by atoms with Crippen LogP contribution < -0.4 is 9.47 Å². The van der Waals surface area contributed by atoms with Gasteiger partial charge in [-0.15, -0.1) is 0 Å². The molecule has 0 fully saturated rings. The molecule has 5 nitrogen and oxygen atoms in total. The van der Waals surface area contributed by atoms with Crippen molar-refractivity contribution in [3.05, 3.63) is 89.0 Å². The number of halogens is 3. The van der Waals surface area contributed by atoms with E-state index in [0.29, 0.717) is 12.0 Å². The second kappa shape index (κ2) is 11.3. The Labute approximate surface area is 198 Å². The quantitative estimate of drug-likeness (QED) is 0.372. The summed E-state index contributed by atoms with van der Waals surface area (Å²) >= 11 is -1.45. The van der Waals surface area contributed by atoms with Crippen molar-refractivity contribution in [1.29, 1.82) is 0 Å². The largest absolute Gasteiger partial charge is 0.616 e. The van der Waals surface area contributed by atoms with E-state index >= 15 is 0 Å². The summed E-state index contributed by atoms with van der Waals surface area (Å²) in [6.07, 6.45) is -4.31. The van der Waals surface area contributed by atoms with Gasteiger partial charge in [0, 0.05) is 12.0 Å². The highest BCUT2D eigenvalue weighted by Gasteiger charge is 2.32. The molecule has 0 aliphatic rings. The molecule has 0 saturated carbocycles. The molecule has 0 spiro atoms. The van der Waals surface area contributed by atoms with Crippen molar-refractivity contribution < 1.29 is 37.1 Å². The number of aliphatic carboxylic acids is 1. The monoisotopic (exact) mass is 492 g/mol. The summed E-state index contributed by atoms with van der Waals surface area (Å²) < 4.78 is 63.9. The van der Waals surface area contributed by atoms with Gasteiger partial charge in [-0.3, -0.25) is 4.79 Å². The van der Waals surface area contributed by atoms with Crippen molar-refractivity contribution in [2.45, 2.75) is 24.8 Å². The first kappa shape index (κ1) is 25.5. The predicted molar refractivity (Wildman–Crippen MR) is 123 cm³/mol. The van der Waals surface area contributed by atoms with Gasteiger partial charge in [0.1, 0.15) is 17.3 Å². The molecule has 0 aliphatic carbocycles. The molecule has 34 heavy (non-hydrogen) atoms. The summed E-state index contributed by atoms with van der Waals surface area (Å²) in [6.45, 7) is 0. The number of rotatable bonds is 10. The molecule has 0 aromatic heterocycles. The SMILES string of the molecule is COc1ccc(CC(=O)O)cc1Oc1ccc(C(F)(F)F)cc1C[S+]([O-])CCc1ccccc1. The maximum Gasteiger partial charge on any atom is 0.416 e. The van der Waals surface area contributed by atoms with Gasteiger partial charge in [-0.1, -0.05) is 36.4 Å². The highest BCUT2D eigenvalue weighted by Crippen LogP contribution is 2.38. The molecule has 1 atom stereocenters. The molecule has 180 valence electrons. The van der Waals surface area contributed by atoms with Crippen molar-refractivity contribution in [2.75, 3.05) is 12.9 Å². The van der Waals surface area contributed by atoms with Crippen molar-refractivity contribution in [3.63, 3.8) is 0 Å². The van der Waals surface area contributed by atoms with Crippen LogP contribution in [0.4, 0.5) is 13.2 Å². The zero-order chi connectivity index (χ0) is 24.7. The number of aryl methyl sites for hydroxylation is 1. The van der Waals surface area contributed by atoms with Crippen LogP contribution in [0.1, 0.15) is 22.3 Å². The zero-order valence-corrected chi connectivity index (χ0v) is 19.1. The van der Waals surface area contributed by atoms with E-state index in [1.165, 1.54) is 25.3 Å². The molecule has 0 saturated heterocycles. The fourth-order valence-electron chi connectivity index (χ4n) is 3.29. The second-order valence-electron chi connectivity index (χ2n) is 7.50. The molecule has 0 amide bonds. The summed E-state index contributed by atoms with van der Waals surface area (Å²) in [5.74, 6) is -0.380. The lowest BCUT2D eigenvalue weighted by Crippen LogP contribution is -2.13. The van der Waals surface area contributed by atoms with Gasteiger partial charge >= 0.3 is 12.1 Å².